The first-order valence-electron chi connectivity index (χ1n) is 7.50. The van der Waals surface area contributed by atoms with Crippen molar-refractivity contribution in [1.29, 1.82) is 0 Å². The van der Waals surface area contributed by atoms with Crippen molar-refractivity contribution in [3.63, 3.8) is 0 Å². The summed E-state index contributed by atoms with van der Waals surface area (Å²) in [6.45, 7) is 6.58. The number of benzene rings is 1. The number of nitrogens with one attached hydrogen (secondary N) is 1. The number of amides is 3. The SMILES string of the molecule is CC(C)c1ccc(N2CC(N3CCC(=O)NC3=O)C2)cc1. The molecule has 0 radical (unpaired) electrons. The third kappa shape index (κ3) is 2.73. The molecule has 2 fully saturated rings. The highest BCUT2D eigenvalue weighted by molar-refractivity contribution is 5.96. The number of anilines is 1. The molecule has 2 aliphatic rings. The number of urea groups is 1. The van der Waals surface area contributed by atoms with E-state index >= 15 is 0 Å². The average Bonchev–Trinajstić information content (AvgIpc) is 2.40. The summed E-state index contributed by atoms with van der Waals surface area (Å²) in [5.74, 6) is 0.370. The van der Waals surface area contributed by atoms with E-state index in [1.165, 1.54) is 11.3 Å². The number of hydrogen-bond donors (Lipinski definition) is 1. The van der Waals surface area contributed by atoms with Gasteiger partial charge in [0, 0.05) is 31.7 Å². The second kappa shape index (κ2) is 5.39. The summed E-state index contributed by atoms with van der Waals surface area (Å²) in [6, 6.07) is 8.59. The molecule has 1 aromatic carbocycles. The van der Waals surface area contributed by atoms with Crippen molar-refractivity contribution in [1.82, 2.24) is 10.2 Å². The van der Waals surface area contributed by atoms with Crippen molar-refractivity contribution in [2.24, 2.45) is 0 Å². The summed E-state index contributed by atoms with van der Waals surface area (Å²) in [6.07, 6.45) is 0.408. The lowest BCUT2D eigenvalue weighted by Gasteiger charge is -2.47. The molecule has 3 amide bonds. The minimum Gasteiger partial charge on any atom is -0.367 e. The van der Waals surface area contributed by atoms with Gasteiger partial charge in [-0.2, -0.15) is 0 Å². The van der Waals surface area contributed by atoms with Crippen LogP contribution in [0.25, 0.3) is 0 Å². The van der Waals surface area contributed by atoms with Gasteiger partial charge in [0.2, 0.25) is 5.91 Å². The molecule has 2 saturated heterocycles. The topological polar surface area (TPSA) is 52.6 Å². The van der Waals surface area contributed by atoms with Crippen LogP contribution in [-0.2, 0) is 4.79 Å². The second-order valence-electron chi connectivity index (χ2n) is 6.10. The summed E-state index contributed by atoms with van der Waals surface area (Å²) in [4.78, 5) is 27.0. The Morgan fingerprint density at radius 3 is 2.38 bits per heavy atom. The Balaban J connectivity index is 1.58. The van der Waals surface area contributed by atoms with Gasteiger partial charge in [0.05, 0.1) is 6.04 Å². The number of nitrogens with zero attached hydrogens (tertiary/aromatic N) is 2. The van der Waals surface area contributed by atoms with E-state index in [4.69, 9.17) is 0 Å². The van der Waals surface area contributed by atoms with Gasteiger partial charge in [0.25, 0.3) is 0 Å². The van der Waals surface area contributed by atoms with Gasteiger partial charge in [0.1, 0.15) is 0 Å². The number of carbonyl (C=O) groups is 2. The maximum absolute atomic E-state index is 11.8. The smallest absolute Gasteiger partial charge is 0.324 e. The van der Waals surface area contributed by atoms with Crippen molar-refractivity contribution in [2.45, 2.75) is 32.2 Å². The third-order valence-corrected chi connectivity index (χ3v) is 4.31. The van der Waals surface area contributed by atoms with Crippen LogP contribution in [0.3, 0.4) is 0 Å². The molecule has 1 aromatic rings. The molecule has 112 valence electrons. The van der Waals surface area contributed by atoms with Gasteiger partial charge in [-0.15, -0.1) is 0 Å². The van der Waals surface area contributed by atoms with Crippen molar-refractivity contribution < 1.29 is 9.59 Å². The van der Waals surface area contributed by atoms with E-state index in [1.54, 1.807) is 4.90 Å². The molecule has 0 aromatic heterocycles. The Hall–Kier alpha value is -2.04. The third-order valence-electron chi connectivity index (χ3n) is 4.31. The normalized spacial score (nSPS) is 19.8. The Morgan fingerprint density at radius 1 is 1.14 bits per heavy atom. The summed E-state index contributed by atoms with van der Waals surface area (Å²) in [7, 11) is 0. The number of hydrogen-bond acceptors (Lipinski definition) is 3. The van der Waals surface area contributed by atoms with Crippen molar-refractivity contribution >= 4 is 17.6 Å². The molecule has 0 unspecified atom stereocenters. The van der Waals surface area contributed by atoms with E-state index in [1.807, 2.05) is 0 Å². The van der Waals surface area contributed by atoms with Gasteiger partial charge >= 0.3 is 6.03 Å². The second-order valence-corrected chi connectivity index (χ2v) is 6.10. The van der Waals surface area contributed by atoms with Gasteiger partial charge < -0.3 is 9.80 Å². The van der Waals surface area contributed by atoms with Gasteiger partial charge in [-0.25, -0.2) is 4.79 Å². The molecule has 0 spiro atoms. The van der Waals surface area contributed by atoms with Crippen LogP contribution >= 0.6 is 0 Å². The maximum atomic E-state index is 11.8. The van der Waals surface area contributed by atoms with Crippen molar-refractivity contribution in [3.8, 4) is 0 Å². The van der Waals surface area contributed by atoms with Crippen LogP contribution in [0, 0.1) is 0 Å². The maximum Gasteiger partial charge on any atom is 0.324 e. The molecule has 0 aliphatic carbocycles. The van der Waals surface area contributed by atoms with Crippen LogP contribution in [0.1, 0.15) is 31.7 Å². The fraction of sp³-hybridized carbons (Fsp3) is 0.500. The van der Waals surface area contributed by atoms with Crippen LogP contribution in [0.5, 0.6) is 0 Å². The standard InChI is InChI=1S/C16H21N3O2/c1-11(2)12-3-5-13(6-4-12)18-9-14(10-18)19-8-7-15(20)17-16(19)21/h3-6,11,14H,7-10H2,1-2H3,(H,17,20,21). The number of carbonyl (C=O) groups excluding carboxylic acids is 2. The lowest BCUT2D eigenvalue weighted by atomic mass is 10.0. The van der Waals surface area contributed by atoms with Crippen molar-refractivity contribution in [2.75, 3.05) is 24.5 Å². The Kier molecular flexibility index (Phi) is 3.57. The molecule has 21 heavy (non-hydrogen) atoms. The zero-order valence-corrected chi connectivity index (χ0v) is 12.5. The van der Waals surface area contributed by atoms with Crippen LogP contribution in [0.2, 0.25) is 0 Å². The van der Waals surface area contributed by atoms with Gasteiger partial charge in [0.15, 0.2) is 0 Å². The Labute approximate surface area is 124 Å². The molecular weight excluding hydrogens is 266 g/mol. The molecular formula is C16H21N3O2. The van der Waals surface area contributed by atoms with Crippen LogP contribution in [0.15, 0.2) is 24.3 Å². The molecule has 0 bridgehead atoms. The molecule has 5 heteroatoms. The minimum atomic E-state index is -0.244. The summed E-state index contributed by atoms with van der Waals surface area (Å²) >= 11 is 0. The molecule has 1 N–H and O–H groups in total. The highest BCUT2D eigenvalue weighted by Gasteiger charge is 2.37. The fourth-order valence-corrected chi connectivity index (χ4v) is 2.86. The molecule has 0 saturated carbocycles. The fourth-order valence-electron chi connectivity index (χ4n) is 2.86. The highest BCUT2D eigenvalue weighted by Crippen LogP contribution is 2.26. The molecule has 2 aliphatic heterocycles. The minimum absolute atomic E-state index is 0.170. The summed E-state index contributed by atoms with van der Waals surface area (Å²) in [5.41, 5.74) is 2.54. The lowest BCUT2D eigenvalue weighted by molar-refractivity contribution is -0.121. The van der Waals surface area contributed by atoms with E-state index < -0.39 is 0 Å². The van der Waals surface area contributed by atoms with Gasteiger partial charge in [-0.1, -0.05) is 26.0 Å². The van der Waals surface area contributed by atoms with Crippen LogP contribution < -0.4 is 10.2 Å². The van der Waals surface area contributed by atoms with Gasteiger partial charge in [-0.3, -0.25) is 10.1 Å². The largest absolute Gasteiger partial charge is 0.367 e. The van der Waals surface area contributed by atoms with E-state index in [9.17, 15) is 9.59 Å². The first-order chi connectivity index (χ1) is 10.0. The predicted molar refractivity (Wildman–Crippen MR) is 81.4 cm³/mol. The van der Waals surface area contributed by atoms with Gasteiger partial charge in [-0.05, 0) is 23.6 Å². The number of rotatable bonds is 3. The molecule has 3 rings (SSSR count). The molecule has 5 nitrogen and oxygen atoms in total. The highest BCUT2D eigenvalue weighted by atomic mass is 16.2. The predicted octanol–water partition coefficient (Wildman–Crippen LogP) is 1.94. The Bertz CT molecular complexity index is 547. The Morgan fingerprint density at radius 2 is 1.81 bits per heavy atom. The lowest BCUT2D eigenvalue weighted by Crippen LogP contribution is -2.65. The number of imide groups is 1. The molecule has 2 heterocycles. The monoisotopic (exact) mass is 287 g/mol. The average molecular weight is 287 g/mol. The van der Waals surface area contributed by atoms with Crippen LogP contribution in [0.4, 0.5) is 10.5 Å². The van der Waals surface area contributed by atoms with E-state index in [-0.39, 0.29) is 18.0 Å². The summed E-state index contributed by atoms with van der Waals surface area (Å²) < 4.78 is 0. The van der Waals surface area contributed by atoms with E-state index in [0.29, 0.717) is 18.9 Å². The quantitative estimate of drug-likeness (QED) is 0.924. The zero-order valence-electron chi connectivity index (χ0n) is 12.5. The molecule has 0 atom stereocenters. The summed E-state index contributed by atoms with van der Waals surface area (Å²) in [5, 5.41) is 2.38. The first kappa shape index (κ1) is 13.9. The first-order valence-corrected chi connectivity index (χ1v) is 7.50. The zero-order chi connectivity index (χ0) is 15.0. The van der Waals surface area contributed by atoms with Crippen molar-refractivity contribution in [3.05, 3.63) is 29.8 Å². The van der Waals surface area contributed by atoms with E-state index in [0.717, 1.165) is 13.1 Å². The van der Waals surface area contributed by atoms with Crippen LogP contribution in [-0.4, -0.2) is 42.5 Å². The van der Waals surface area contributed by atoms with E-state index in [2.05, 4.69) is 48.3 Å².